The fourth-order valence-electron chi connectivity index (χ4n) is 2.51. The highest BCUT2D eigenvalue weighted by molar-refractivity contribution is 7.88. The van der Waals surface area contributed by atoms with Crippen LogP contribution < -0.4 is 0 Å². The van der Waals surface area contributed by atoms with Crippen LogP contribution in [0, 0.1) is 0 Å². The maximum Gasteiger partial charge on any atom is 0.330 e. The molecule has 0 saturated heterocycles. The van der Waals surface area contributed by atoms with Gasteiger partial charge in [0, 0.05) is 0 Å². The number of carbonyl (C=O) groups excluding carboxylic acids is 2. The van der Waals surface area contributed by atoms with Gasteiger partial charge in [-0.1, -0.05) is 65.2 Å². The second kappa shape index (κ2) is 13.9. The van der Waals surface area contributed by atoms with Crippen LogP contribution in [0.25, 0.3) is 0 Å². The summed E-state index contributed by atoms with van der Waals surface area (Å²) in [5.74, 6) is -1.97. The highest BCUT2D eigenvalue weighted by atomic mass is 32.2. The van der Waals surface area contributed by atoms with Crippen molar-refractivity contribution in [2.45, 2.75) is 96.1 Å². The number of esters is 2. The Kier molecular flexibility index (Phi) is 13.3. The lowest BCUT2D eigenvalue weighted by Crippen LogP contribution is -2.46. The topological polar surface area (TPSA) is 107 Å². The fraction of sp³-hybridized carbons (Fsp3) is 0.895. The summed E-state index contributed by atoms with van der Waals surface area (Å²) in [6.45, 7) is 5.39. The third kappa shape index (κ3) is 10.7. The van der Waals surface area contributed by atoms with E-state index in [0.29, 0.717) is 12.8 Å². The van der Waals surface area contributed by atoms with Gasteiger partial charge in [-0.2, -0.15) is 8.42 Å². The van der Waals surface area contributed by atoms with Gasteiger partial charge in [0.25, 0.3) is 10.1 Å². The van der Waals surface area contributed by atoms with Crippen LogP contribution in [0.15, 0.2) is 0 Å². The molecular weight excluding hydrogens is 372 g/mol. The van der Waals surface area contributed by atoms with Gasteiger partial charge in [-0.25, -0.2) is 0 Å². The van der Waals surface area contributed by atoms with Crippen LogP contribution in [0.5, 0.6) is 0 Å². The van der Waals surface area contributed by atoms with Gasteiger partial charge in [0.15, 0.2) is 0 Å². The van der Waals surface area contributed by atoms with Gasteiger partial charge >= 0.3 is 11.9 Å². The Labute approximate surface area is 163 Å². The largest absolute Gasteiger partial charge is 0.466 e. The van der Waals surface area contributed by atoms with E-state index in [-0.39, 0.29) is 13.2 Å². The van der Waals surface area contributed by atoms with Gasteiger partial charge < -0.3 is 9.47 Å². The molecule has 0 amide bonds. The Morgan fingerprint density at radius 1 is 0.815 bits per heavy atom. The van der Waals surface area contributed by atoms with Crippen LogP contribution in [0.3, 0.4) is 0 Å². The number of hydrogen-bond acceptors (Lipinski definition) is 6. The molecule has 0 bridgehead atoms. The molecule has 0 radical (unpaired) electrons. The van der Waals surface area contributed by atoms with Gasteiger partial charge in [0.05, 0.1) is 19.6 Å². The monoisotopic (exact) mass is 408 g/mol. The van der Waals surface area contributed by atoms with Crippen LogP contribution in [0.2, 0.25) is 0 Å². The van der Waals surface area contributed by atoms with Crippen LogP contribution in [0.1, 0.15) is 91.4 Å². The summed E-state index contributed by atoms with van der Waals surface area (Å²) in [4.78, 5) is 24.2. The molecule has 0 aliphatic heterocycles. The van der Waals surface area contributed by atoms with Crippen molar-refractivity contribution in [1.29, 1.82) is 0 Å². The minimum Gasteiger partial charge on any atom is -0.466 e. The molecule has 0 aliphatic carbocycles. The third-order valence-electron chi connectivity index (χ3n) is 4.47. The average Bonchev–Trinajstić information content (AvgIpc) is 2.59. The van der Waals surface area contributed by atoms with E-state index in [1.54, 1.807) is 0 Å². The summed E-state index contributed by atoms with van der Waals surface area (Å²) >= 11 is 0. The highest BCUT2D eigenvalue weighted by Crippen LogP contribution is 2.24. The molecule has 0 aliphatic rings. The molecule has 27 heavy (non-hydrogen) atoms. The van der Waals surface area contributed by atoms with E-state index in [9.17, 15) is 22.6 Å². The predicted molar refractivity (Wildman–Crippen MR) is 104 cm³/mol. The zero-order valence-corrected chi connectivity index (χ0v) is 17.8. The van der Waals surface area contributed by atoms with Crippen LogP contribution >= 0.6 is 0 Å². The fourth-order valence-corrected chi connectivity index (χ4v) is 3.08. The van der Waals surface area contributed by atoms with Crippen LogP contribution in [-0.4, -0.2) is 42.9 Å². The molecule has 0 heterocycles. The van der Waals surface area contributed by atoms with Crippen LogP contribution in [0.4, 0.5) is 0 Å². The second-order valence-corrected chi connectivity index (χ2v) is 8.92. The number of rotatable bonds is 16. The summed E-state index contributed by atoms with van der Waals surface area (Å²) in [5, 5.41) is 0. The Bertz CT molecular complexity index is 530. The average molecular weight is 409 g/mol. The lowest BCUT2D eigenvalue weighted by atomic mass is 10.1. The Morgan fingerprint density at radius 3 is 1.70 bits per heavy atom. The lowest BCUT2D eigenvalue weighted by molar-refractivity contribution is -0.153. The van der Waals surface area contributed by atoms with Gasteiger partial charge in [-0.15, -0.1) is 0 Å². The molecule has 160 valence electrons. The van der Waals surface area contributed by atoms with Crippen molar-refractivity contribution >= 4 is 22.1 Å². The van der Waals surface area contributed by atoms with Gasteiger partial charge in [-0.3, -0.25) is 14.1 Å². The lowest BCUT2D eigenvalue weighted by Gasteiger charge is -2.23. The first-order valence-corrected chi connectivity index (χ1v) is 11.4. The predicted octanol–water partition coefficient (Wildman–Crippen LogP) is 4.05. The van der Waals surface area contributed by atoms with Gasteiger partial charge in [0.1, 0.15) is 0 Å². The quantitative estimate of drug-likeness (QED) is 0.233. The number of unbranched alkanes of at least 4 members (excludes halogenated alkanes) is 8. The van der Waals surface area contributed by atoms with Crippen molar-refractivity contribution < 1.29 is 32.0 Å². The van der Waals surface area contributed by atoms with E-state index in [1.807, 2.05) is 0 Å². The van der Waals surface area contributed by atoms with E-state index in [4.69, 9.17) is 9.47 Å². The molecule has 0 aromatic heterocycles. The number of ether oxygens (including phenoxy) is 2. The Morgan fingerprint density at radius 2 is 1.26 bits per heavy atom. The van der Waals surface area contributed by atoms with E-state index in [2.05, 4.69) is 13.8 Å². The first kappa shape index (κ1) is 25.9. The van der Waals surface area contributed by atoms with Crippen molar-refractivity contribution in [1.82, 2.24) is 0 Å². The van der Waals surface area contributed by atoms with E-state index >= 15 is 0 Å². The molecule has 0 aromatic carbocycles. The van der Waals surface area contributed by atoms with E-state index in [1.165, 1.54) is 0 Å². The summed E-state index contributed by atoms with van der Waals surface area (Å²) < 4.78 is 40.5. The summed E-state index contributed by atoms with van der Waals surface area (Å²) in [6, 6.07) is 0. The maximum atomic E-state index is 12.2. The van der Waals surface area contributed by atoms with Gasteiger partial charge in [0.2, 0.25) is 4.75 Å². The first-order chi connectivity index (χ1) is 12.7. The van der Waals surface area contributed by atoms with E-state index in [0.717, 1.165) is 58.3 Å². The van der Waals surface area contributed by atoms with Crippen molar-refractivity contribution in [3.8, 4) is 0 Å². The summed E-state index contributed by atoms with van der Waals surface area (Å²) in [5.41, 5.74) is 0. The Hall–Kier alpha value is -1.15. The molecule has 0 aromatic rings. The smallest absolute Gasteiger partial charge is 0.330 e. The SMILES string of the molecule is CCCCCCCOC(=O)CC(C)(C(=O)OCCCCCCC)S(=O)(=O)O. The molecule has 0 spiro atoms. The van der Waals surface area contributed by atoms with Crippen molar-refractivity contribution in [2.24, 2.45) is 0 Å². The molecule has 1 atom stereocenters. The summed E-state index contributed by atoms with van der Waals surface area (Å²) in [7, 11) is -4.83. The molecule has 1 unspecified atom stereocenters. The van der Waals surface area contributed by atoms with Gasteiger partial charge in [-0.05, 0) is 19.8 Å². The molecule has 8 heteroatoms. The number of carbonyl (C=O) groups is 2. The minimum absolute atomic E-state index is 0.0557. The normalized spacial score (nSPS) is 13.8. The molecule has 0 rings (SSSR count). The first-order valence-electron chi connectivity index (χ1n) is 9.99. The molecule has 0 saturated carbocycles. The van der Waals surface area contributed by atoms with Crippen molar-refractivity contribution in [3.63, 3.8) is 0 Å². The zero-order valence-electron chi connectivity index (χ0n) is 17.0. The standard InChI is InChI=1S/C19H36O7S/c1-4-6-8-10-12-14-25-17(20)16-19(3,27(22,23)24)18(21)26-15-13-11-9-7-5-2/h4-16H2,1-3H3,(H,22,23,24). The van der Waals surface area contributed by atoms with Crippen molar-refractivity contribution in [3.05, 3.63) is 0 Å². The summed E-state index contributed by atoms with van der Waals surface area (Å²) in [6.07, 6.45) is 8.73. The molecule has 7 nitrogen and oxygen atoms in total. The molecule has 0 fully saturated rings. The second-order valence-electron chi connectivity index (χ2n) is 7.07. The maximum absolute atomic E-state index is 12.2. The van der Waals surface area contributed by atoms with E-state index < -0.39 is 33.2 Å². The van der Waals surface area contributed by atoms with Crippen molar-refractivity contribution in [2.75, 3.05) is 13.2 Å². The zero-order chi connectivity index (χ0) is 20.8. The third-order valence-corrected chi connectivity index (χ3v) is 5.92. The minimum atomic E-state index is -4.83. The number of hydrogen-bond donors (Lipinski definition) is 1. The van der Waals surface area contributed by atoms with Crippen LogP contribution in [-0.2, 0) is 29.2 Å². The molecular formula is C19H36O7S. The Balaban J connectivity index is 4.49. The molecule has 1 N–H and O–H groups in total. The highest BCUT2D eigenvalue weighted by Gasteiger charge is 2.49.